The molecule has 2 aromatic rings. The van der Waals surface area contributed by atoms with E-state index in [1.165, 1.54) is 54.5 Å². The van der Waals surface area contributed by atoms with Crippen LogP contribution in [-0.4, -0.2) is 43.4 Å². The molecular weight excluding hydrogens is 407 g/mol. The van der Waals surface area contributed by atoms with Gasteiger partial charge in [0.05, 0.1) is 29.5 Å². The third-order valence-electron chi connectivity index (χ3n) is 4.81. The van der Waals surface area contributed by atoms with Crippen molar-refractivity contribution < 1.29 is 33.4 Å². The van der Waals surface area contributed by atoms with E-state index in [1.54, 1.807) is 13.0 Å². The van der Waals surface area contributed by atoms with Crippen LogP contribution in [0.5, 0.6) is 0 Å². The number of hydrogen-bond donors (Lipinski definition) is 2. The van der Waals surface area contributed by atoms with Crippen LogP contribution in [0.4, 0.5) is 14.9 Å². The Hall–Kier alpha value is -3.72. The monoisotopic (exact) mass is 428 g/mol. The summed E-state index contributed by atoms with van der Waals surface area (Å²) in [4.78, 5) is 38.1. The van der Waals surface area contributed by atoms with E-state index in [4.69, 9.17) is 14.6 Å². The quantitative estimate of drug-likeness (QED) is 0.518. The molecule has 1 aliphatic rings. The molecule has 0 aromatic heterocycles. The van der Waals surface area contributed by atoms with Crippen molar-refractivity contribution in [3.8, 4) is 0 Å². The number of amides is 2. The number of hydrogen-bond acceptors (Lipinski definition) is 5. The van der Waals surface area contributed by atoms with Crippen molar-refractivity contribution in [2.75, 3.05) is 25.2 Å². The molecule has 3 rings (SSSR count). The van der Waals surface area contributed by atoms with E-state index in [1.807, 2.05) is 0 Å². The maximum Gasteiger partial charge on any atom is 0.338 e. The highest BCUT2D eigenvalue weighted by molar-refractivity contribution is 6.03. The summed E-state index contributed by atoms with van der Waals surface area (Å²) >= 11 is 0. The van der Waals surface area contributed by atoms with E-state index < -0.39 is 29.8 Å². The van der Waals surface area contributed by atoms with Gasteiger partial charge in [-0.05, 0) is 37.3 Å². The lowest BCUT2D eigenvalue weighted by Gasteiger charge is -2.35. The van der Waals surface area contributed by atoms with Crippen molar-refractivity contribution in [2.24, 2.45) is 0 Å². The maximum atomic E-state index is 14.5. The first-order chi connectivity index (χ1) is 14.8. The van der Waals surface area contributed by atoms with Crippen LogP contribution in [0.25, 0.3) is 0 Å². The summed E-state index contributed by atoms with van der Waals surface area (Å²) in [6, 6.07) is 9.76. The number of carboxylic acid groups (broad SMARTS) is 1. The van der Waals surface area contributed by atoms with Crippen molar-refractivity contribution in [1.82, 2.24) is 5.32 Å². The molecule has 0 bridgehead atoms. The molecule has 1 unspecified atom stereocenters. The average Bonchev–Trinajstić information content (AvgIpc) is 2.74. The number of nitrogens with one attached hydrogen (secondary N) is 1. The molecule has 2 amide bonds. The Labute approximate surface area is 177 Å². The number of nitrogens with zero attached hydrogens (tertiary/aromatic N) is 1. The molecule has 162 valence electrons. The molecule has 8 nitrogen and oxygen atoms in total. The number of benzene rings is 2. The molecule has 1 aliphatic heterocycles. The molecule has 0 aliphatic carbocycles. The van der Waals surface area contributed by atoms with Gasteiger partial charge in [0.15, 0.2) is 0 Å². The number of urea groups is 1. The number of halogens is 1. The highest BCUT2D eigenvalue weighted by atomic mass is 19.1. The molecule has 0 saturated heterocycles. The number of carbonyl (C=O) groups is 3. The average molecular weight is 428 g/mol. The van der Waals surface area contributed by atoms with Crippen LogP contribution in [0, 0.1) is 5.82 Å². The number of allylic oxidation sites excluding steroid dienone is 1. The molecule has 1 atom stereocenters. The zero-order valence-electron chi connectivity index (χ0n) is 16.9. The van der Waals surface area contributed by atoms with Crippen LogP contribution >= 0.6 is 0 Å². The Morgan fingerprint density at radius 2 is 1.81 bits per heavy atom. The topological polar surface area (TPSA) is 105 Å². The second-order valence-corrected chi connectivity index (χ2v) is 6.72. The van der Waals surface area contributed by atoms with Gasteiger partial charge >= 0.3 is 18.0 Å². The maximum absolute atomic E-state index is 14.5. The molecule has 2 aromatic carbocycles. The Balaban J connectivity index is 2.07. The first-order valence-electron chi connectivity index (χ1n) is 9.40. The Kier molecular flexibility index (Phi) is 6.66. The van der Waals surface area contributed by atoms with Gasteiger partial charge < -0.3 is 19.9 Å². The van der Waals surface area contributed by atoms with Crippen LogP contribution in [0.3, 0.4) is 0 Å². The number of carboxylic acids is 1. The van der Waals surface area contributed by atoms with E-state index >= 15 is 0 Å². The van der Waals surface area contributed by atoms with Crippen molar-refractivity contribution in [3.63, 3.8) is 0 Å². The Morgan fingerprint density at radius 3 is 2.42 bits per heavy atom. The van der Waals surface area contributed by atoms with Crippen molar-refractivity contribution in [3.05, 3.63) is 76.7 Å². The molecule has 2 N–H and O–H groups in total. The fraction of sp³-hybridized carbons (Fsp3) is 0.227. The first-order valence-corrected chi connectivity index (χ1v) is 9.40. The van der Waals surface area contributed by atoms with Gasteiger partial charge in [0, 0.05) is 18.4 Å². The third kappa shape index (κ3) is 4.56. The minimum Gasteiger partial charge on any atom is -0.478 e. The van der Waals surface area contributed by atoms with Gasteiger partial charge in [-0.2, -0.15) is 0 Å². The van der Waals surface area contributed by atoms with Crippen molar-refractivity contribution in [1.29, 1.82) is 0 Å². The number of carbonyl (C=O) groups excluding carboxylic acids is 2. The molecule has 0 spiro atoms. The third-order valence-corrected chi connectivity index (χ3v) is 4.81. The standard InChI is InChI=1S/C22H21FN2O6/c1-13-18(21(28)31-12-11-30-2)19(16-5-3-4-6-17(16)23)24-22(29)25(13)15-9-7-14(8-10-15)20(26)27/h3-10,19H,11-12H2,1-2H3,(H,24,29)(H,26,27). The van der Waals surface area contributed by atoms with Crippen molar-refractivity contribution in [2.45, 2.75) is 13.0 Å². The molecule has 31 heavy (non-hydrogen) atoms. The van der Waals surface area contributed by atoms with Crippen LogP contribution in [0.2, 0.25) is 0 Å². The van der Waals surface area contributed by atoms with Crippen LogP contribution in [-0.2, 0) is 14.3 Å². The van der Waals surface area contributed by atoms with Gasteiger partial charge in [-0.25, -0.2) is 18.8 Å². The van der Waals surface area contributed by atoms with E-state index in [-0.39, 0.29) is 35.6 Å². The van der Waals surface area contributed by atoms with Crippen LogP contribution < -0.4 is 10.2 Å². The van der Waals surface area contributed by atoms with Crippen LogP contribution in [0.15, 0.2) is 59.8 Å². The summed E-state index contributed by atoms with van der Waals surface area (Å²) in [6.07, 6.45) is 0. The summed E-state index contributed by atoms with van der Waals surface area (Å²) in [7, 11) is 1.46. The van der Waals surface area contributed by atoms with E-state index in [9.17, 15) is 18.8 Å². The summed E-state index contributed by atoms with van der Waals surface area (Å²) in [5, 5.41) is 11.7. The highest BCUT2D eigenvalue weighted by Gasteiger charge is 2.38. The molecule has 0 radical (unpaired) electrons. The highest BCUT2D eigenvalue weighted by Crippen LogP contribution is 2.35. The molecule has 9 heteroatoms. The predicted molar refractivity (Wildman–Crippen MR) is 109 cm³/mol. The SMILES string of the molecule is COCCOC(=O)C1=C(C)N(c2ccc(C(=O)O)cc2)C(=O)NC1c1ccccc1F. The second kappa shape index (κ2) is 9.40. The molecular formula is C22H21FN2O6. The Morgan fingerprint density at radius 1 is 1.13 bits per heavy atom. The van der Waals surface area contributed by atoms with E-state index in [2.05, 4.69) is 5.32 Å². The molecule has 0 saturated carbocycles. The van der Waals surface area contributed by atoms with Gasteiger partial charge in [-0.3, -0.25) is 4.90 Å². The fourth-order valence-corrected chi connectivity index (χ4v) is 3.31. The minimum atomic E-state index is -1.11. The van der Waals surface area contributed by atoms with Gasteiger partial charge in [0.2, 0.25) is 0 Å². The fourth-order valence-electron chi connectivity index (χ4n) is 3.31. The number of esters is 1. The zero-order chi connectivity index (χ0) is 22.5. The van der Waals surface area contributed by atoms with Crippen LogP contribution in [0.1, 0.15) is 28.9 Å². The zero-order valence-corrected chi connectivity index (χ0v) is 16.9. The predicted octanol–water partition coefficient (Wildman–Crippen LogP) is 3.26. The normalized spacial score (nSPS) is 16.2. The van der Waals surface area contributed by atoms with Gasteiger partial charge in [-0.15, -0.1) is 0 Å². The van der Waals surface area contributed by atoms with Gasteiger partial charge in [-0.1, -0.05) is 18.2 Å². The number of rotatable bonds is 7. The van der Waals surface area contributed by atoms with E-state index in [0.29, 0.717) is 5.69 Å². The lowest BCUT2D eigenvalue weighted by molar-refractivity contribution is -0.140. The lowest BCUT2D eigenvalue weighted by Crippen LogP contribution is -2.48. The second-order valence-electron chi connectivity index (χ2n) is 6.72. The smallest absolute Gasteiger partial charge is 0.338 e. The Bertz CT molecular complexity index is 1030. The number of anilines is 1. The first kappa shape index (κ1) is 22.0. The minimum absolute atomic E-state index is 0.0165. The summed E-state index contributed by atoms with van der Waals surface area (Å²) in [5.74, 6) is -2.42. The molecule has 1 heterocycles. The summed E-state index contributed by atoms with van der Waals surface area (Å²) in [6.45, 7) is 1.71. The van der Waals surface area contributed by atoms with Gasteiger partial charge in [0.1, 0.15) is 12.4 Å². The summed E-state index contributed by atoms with van der Waals surface area (Å²) in [5.41, 5.74) is 0.806. The largest absolute Gasteiger partial charge is 0.478 e. The number of aromatic carboxylic acids is 1. The molecule has 0 fully saturated rings. The lowest BCUT2D eigenvalue weighted by atomic mass is 9.94. The number of methoxy groups -OCH3 is 1. The van der Waals surface area contributed by atoms with Gasteiger partial charge in [0.25, 0.3) is 0 Å². The van der Waals surface area contributed by atoms with Crippen molar-refractivity contribution >= 4 is 23.7 Å². The van der Waals surface area contributed by atoms with E-state index in [0.717, 1.165) is 0 Å². The summed E-state index contributed by atoms with van der Waals surface area (Å²) < 4.78 is 24.6. The number of ether oxygens (including phenoxy) is 2.